The molecule has 1 aliphatic heterocycles. The van der Waals surface area contributed by atoms with Crippen molar-refractivity contribution in [1.82, 2.24) is 4.57 Å². The van der Waals surface area contributed by atoms with Crippen LogP contribution in [0.25, 0.3) is 0 Å². The molecule has 0 amide bonds. The second-order valence-electron chi connectivity index (χ2n) is 6.39. The summed E-state index contributed by atoms with van der Waals surface area (Å²) in [5.41, 5.74) is -0.0103. The maximum Gasteiger partial charge on any atom is 0.335 e. The summed E-state index contributed by atoms with van der Waals surface area (Å²) in [6.45, 7) is 2.23. The second-order valence-corrected chi connectivity index (χ2v) is 6.39. The van der Waals surface area contributed by atoms with Crippen LogP contribution in [0.5, 0.6) is 5.88 Å². The first kappa shape index (κ1) is 19.3. The zero-order chi connectivity index (χ0) is 20.3. The third kappa shape index (κ3) is 3.77. The fourth-order valence-electron chi connectivity index (χ4n) is 3.00. The molecular weight excluding hydrogens is 364 g/mol. The number of carboxylic acids is 1. The van der Waals surface area contributed by atoms with Crippen LogP contribution in [0.4, 0.5) is 11.4 Å². The second kappa shape index (κ2) is 8.02. The van der Waals surface area contributed by atoms with E-state index in [0.717, 1.165) is 17.4 Å². The molecule has 1 unspecified atom stereocenters. The number of carboxylic acid groups (broad SMARTS) is 1. The van der Waals surface area contributed by atoms with Crippen molar-refractivity contribution in [2.24, 2.45) is 10.2 Å². The lowest BCUT2D eigenvalue weighted by molar-refractivity contribution is 0.0697. The lowest BCUT2D eigenvalue weighted by Crippen LogP contribution is -2.27. The van der Waals surface area contributed by atoms with Crippen LogP contribution in [0, 0.1) is 18.3 Å². The Kier molecular flexibility index (Phi) is 5.52. The average molecular weight is 382 g/mol. The third-order valence-electron chi connectivity index (χ3n) is 4.56. The molecule has 9 heteroatoms. The van der Waals surface area contributed by atoms with E-state index in [2.05, 4.69) is 10.2 Å². The molecule has 1 aromatic carbocycles. The van der Waals surface area contributed by atoms with Crippen LogP contribution in [0.15, 0.2) is 39.3 Å². The van der Waals surface area contributed by atoms with E-state index >= 15 is 0 Å². The van der Waals surface area contributed by atoms with Crippen LogP contribution in [-0.2, 0) is 11.3 Å². The van der Waals surface area contributed by atoms with E-state index in [9.17, 15) is 20.0 Å². The average Bonchev–Trinajstić information content (AvgIpc) is 3.19. The quantitative estimate of drug-likeness (QED) is 0.763. The summed E-state index contributed by atoms with van der Waals surface area (Å²) in [6.07, 6.45) is 1.41. The van der Waals surface area contributed by atoms with Crippen molar-refractivity contribution in [1.29, 1.82) is 5.26 Å². The summed E-state index contributed by atoms with van der Waals surface area (Å²) >= 11 is 0. The highest BCUT2D eigenvalue weighted by atomic mass is 16.5. The van der Waals surface area contributed by atoms with Gasteiger partial charge in [-0.3, -0.25) is 9.36 Å². The van der Waals surface area contributed by atoms with Gasteiger partial charge in [0.2, 0.25) is 5.88 Å². The Morgan fingerprint density at radius 3 is 2.64 bits per heavy atom. The number of pyridine rings is 1. The number of aromatic carboxylic acids is 1. The molecular formula is C19H18N4O5. The number of nitrogens with zero attached hydrogens (tertiary/aromatic N) is 4. The summed E-state index contributed by atoms with van der Waals surface area (Å²) in [7, 11) is 0. The van der Waals surface area contributed by atoms with E-state index in [4.69, 9.17) is 9.84 Å². The van der Waals surface area contributed by atoms with E-state index < -0.39 is 17.4 Å². The predicted molar refractivity (Wildman–Crippen MR) is 98.4 cm³/mol. The maximum atomic E-state index is 12.8. The number of aromatic nitrogens is 1. The Balaban J connectivity index is 2.00. The van der Waals surface area contributed by atoms with E-state index in [1.807, 2.05) is 6.07 Å². The topological polar surface area (TPSA) is 137 Å². The minimum absolute atomic E-state index is 0.0484. The first-order chi connectivity index (χ1) is 13.4. The highest BCUT2D eigenvalue weighted by Crippen LogP contribution is 2.28. The molecule has 0 radical (unpaired) electrons. The van der Waals surface area contributed by atoms with Gasteiger partial charge in [-0.05, 0) is 44.0 Å². The molecule has 0 bridgehead atoms. The van der Waals surface area contributed by atoms with Gasteiger partial charge in [0.05, 0.1) is 23.9 Å². The molecule has 9 nitrogen and oxygen atoms in total. The summed E-state index contributed by atoms with van der Waals surface area (Å²) in [4.78, 5) is 23.7. The first-order valence-electron chi connectivity index (χ1n) is 8.65. The highest BCUT2D eigenvalue weighted by molar-refractivity contribution is 5.87. The van der Waals surface area contributed by atoms with Gasteiger partial charge in [0.15, 0.2) is 5.69 Å². The Hall–Kier alpha value is -3.51. The van der Waals surface area contributed by atoms with Crippen molar-refractivity contribution in [2.45, 2.75) is 32.4 Å². The monoisotopic (exact) mass is 382 g/mol. The molecule has 1 fully saturated rings. The van der Waals surface area contributed by atoms with Crippen LogP contribution in [0.3, 0.4) is 0 Å². The Morgan fingerprint density at radius 2 is 2.07 bits per heavy atom. The van der Waals surface area contributed by atoms with Crippen LogP contribution < -0.4 is 5.56 Å². The van der Waals surface area contributed by atoms with Crippen LogP contribution in [0.2, 0.25) is 0 Å². The smallest absolute Gasteiger partial charge is 0.335 e. The maximum absolute atomic E-state index is 12.8. The zero-order valence-corrected chi connectivity index (χ0v) is 15.1. The number of ether oxygens (including phenoxy) is 1. The van der Waals surface area contributed by atoms with Crippen molar-refractivity contribution < 1.29 is 19.7 Å². The van der Waals surface area contributed by atoms with Gasteiger partial charge >= 0.3 is 5.97 Å². The molecule has 2 aromatic rings. The molecule has 1 saturated heterocycles. The molecule has 2 heterocycles. The molecule has 3 rings (SSSR count). The van der Waals surface area contributed by atoms with E-state index in [-0.39, 0.29) is 35.0 Å². The minimum Gasteiger partial charge on any atom is -0.493 e. The summed E-state index contributed by atoms with van der Waals surface area (Å²) < 4.78 is 6.60. The third-order valence-corrected chi connectivity index (χ3v) is 4.56. The summed E-state index contributed by atoms with van der Waals surface area (Å²) in [5, 5.41) is 36.6. The molecule has 0 saturated carbocycles. The van der Waals surface area contributed by atoms with Gasteiger partial charge in [-0.25, -0.2) is 4.79 Å². The van der Waals surface area contributed by atoms with Gasteiger partial charge < -0.3 is 14.9 Å². The van der Waals surface area contributed by atoms with Gasteiger partial charge in [-0.2, -0.15) is 10.4 Å². The predicted octanol–water partition coefficient (Wildman–Crippen LogP) is 3.03. The van der Waals surface area contributed by atoms with E-state index in [1.165, 1.54) is 31.2 Å². The number of azo groups is 1. The van der Waals surface area contributed by atoms with Crippen molar-refractivity contribution in [3.63, 3.8) is 0 Å². The van der Waals surface area contributed by atoms with Gasteiger partial charge in [0.25, 0.3) is 5.56 Å². The lowest BCUT2D eigenvalue weighted by atomic mass is 10.1. The summed E-state index contributed by atoms with van der Waals surface area (Å²) in [6, 6.07) is 7.56. The van der Waals surface area contributed by atoms with Crippen molar-refractivity contribution in [3.05, 3.63) is 51.3 Å². The minimum atomic E-state index is -1.06. The van der Waals surface area contributed by atoms with Gasteiger partial charge in [0, 0.05) is 12.2 Å². The fourth-order valence-corrected chi connectivity index (χ4v) is 3.00. The van der Waals surface area contributed by atoms with Crippen molar-refractivity contribution in [3.8, 4) is 11.9 Å². The number of hydrogen-bond acceptors (Lipinski definition) is 7. The molecule has 1 aromatic heterocycles. The van der Waals surface area contributed by atoms with Crippen molar-refractivity contribution >= 4 is 17.3 Å². The molecule has 144 valence electrons. The SMILES string of the molecule is Cc1c(C#N)c(O)n(CC2CCCO2)c(=O)c1N=Nc1ccc(C(=O)O)cc1. The standard InChI is InChI=1S/C19H18N4O5/c1-11-15(9-20)17(24)23(10-14-3-2-8-28-14)18(25)16(11)22-21-13-6-4-12(5-7-13)19(26)27/h4-7,14,24H,2-3,8,10H2,1H3,(H,26,27). The van der Waals surface area contributed by atoms with E-state index in [1.54, 1.807) is 0 Å². The Labute approximate surface area is 160 Å². The first-order valence-corrected chi connectivity index (χ1v) is 8.65. The largest absolute Gasteiger partial charge is 0.493 e. The fraction of sp³-hybridized carbons (Fsp3) is 0.316. The number of aromatic hydroxyl groups is 1. The molecule has 28 heavy (non-hydrogen) atoms. The van der Waals surface area contributed by atoms with Gasteiger partial charge in [0.1, 0.15) is 11.6 Å². The van der Waals surface area contributed by atoms with Gasteiger partial charge in [-0.15, -0.1) is 5.11 Å². The van der Waals surface area contributed by atoms with Crippen LogP contribution in [0.1, 0.15) is 34.3 Å². The molecule has 1 atom stereocenters. The number of nitriles is 1. The highest BCUT2D eigenvalue weighted by Gasteiger charge is 2.23. The molecule has 2 N–H and O–H groups in total. The zero-order valence-electron chi connectivity index (χ0n) is 15.1. The normalized spacial score (nSPS) is 16.4. The number of carbonyl (C=O) groups is 1. The van der Waals surface area contributed by atoms with Crippen LogP contribution in [-0.4, -0.2) is 33.5 Å². The number of rotatable bonds is 5. The Morgan fingerprint density at radius 1 is 1.36 bits per heavy atom. The Bertz CT molecular complexity index is 1030. The van der Waals surface area contributed by atoms with Crippen molar-refractivity contribution in [2.75, 3.05) is 6.61 Å². The molecule has 1 aliphatic rings. The summed E-state index contributed by atoms with van der Waals surface area (Å²) in [5.74, 6) is -1.47. The molecule has 0 spiro atoms. The number of hydrogen-bond donors (Lipinski definition) is 2. The lowest BCUT2D eigenvalue weighted by Gasteiger charge is -2.16. The van der Waals surface area contributed by atoms with Crippen LogP contribution >= 0.6 is 0 Å². The van der Waals surface area contributed by atoms with E-state index in [0.29, 0.717) is 12.3 Å². The number of benzene rings is 1. The molecule has 0 aliphatic carbocycles. The van der Waals surface area contributed by atoms with Gasteiger partial charge in [-0.1, -0.05) is 0 Å².